The van der Waals surface area contributed by atoms with E-state index in [-0.39, 0.29) is 5.17 Å². The van der Waals surface area contributed by atoms with Crippen molar-refractivity contribution < 1.29 is 4.74 Å². The van der Waals surface area contributed by atoms with Crippen LogP contribution >= 0.6 is 11.6 Å². The lowest BCUT2D eigenvalue weighted by atomic mass is 10.7. The molecular weight excluding hydrogens is 114 g/mol. The summed E-state index contributed by atoms with van der Waals surface area (Å²) in [6, 6.07) is 0. The van der Waals surface area contributed by atoms with Gasteiger partial charge in [0.05, 0.1) is 13.4 Å². The third-order valence-electron chi connectivity index (χ3n) is 0.350. The number of halogens is 1. The van der Waals surface area contributed by atoms with E-state index in [0.29, 0.717) is 0 Å². The SMILES string of the molecule is COC=CC(=N)Cl. The van der Waals surface area contributed by atoms with Crippen LogP contribution in [-0.4, -0.2) is 12.3 Å². The van der Waals surface area contributed by atoms with Crippen LogP contribution in [-0.2, 0) is 4.74 Å². The van der Waals surface area contributed by atoms with Gasteiger partial charge in [0.1, 0.15) is 5.17 Å². The highest BCUT2D eigenvalue weighted by molar-refractivity contribution is 6.67. The molecule has 2 nitrogen and oxygen atoms in total. The predicted octanol–water partition coefficient (Wildman–Crippen LogP) is 1.36. The Balaban J connectivity index is 3.26. The minimum Gasteiger partial charge on any atom is -0.504 e. The smallest absolute Gasteiger partial charge is 0.123 e. The molecule has 0 saturated heterocycles. The first-order chi connectivity index (χ1) is 3.27. The monoisotopic (exact) mass is 119 g/mol. The molecule has 7 heavy (non-hydrogen) atoms. The summed E-state index contributed by atoms with van der Waals surface area (Å²) in [6.45, 7) is 0. The van der Waals surface area contributed by atoms with E-state index < -0.39 is 0 Å². The van der Waals surface area contributed by atoms with Crippen molar-refractivity contribution in [2.45, 2.75) is 0 Å². The summed E-state index contributed by atoms with van der Waals surface area (Å²) >= 11 is 5.07. The van der Waals surface area contributed by atoms with Gasteiger partial charge in [0, 0.05) is 6.08 Å². The molecule has 0 aliphatic heterocycles. The molecule has 0 radical (unpaired) electrons. The molecule has 0 atom stereocenters. The first-order valence-corrected chi connectivity index (χ1v) is 2.08. The highest BCUT2D eigenvalue weighted by atomic mass is 35.5. The summed E-state index contributed by atoms with van der Waals surface area (Å²) in [5, 5.41) is 6.57. The number of nitrogens with one attached hydrogen (secondary N) is 1. The van der Waals surface area contributed by atoms with Crippen LogP contribution in [0.1, 0.15) is 0 Å². The Morgan fingerprint density at radius 1 is 1.86 bits per heavy atom. The Bertz CT molecular complexity index is 89.7. The number of hydrogen-bond acceptors (Lipinski definition) is 2. The zero-order chi connectivity index (χ0) is 5.70. The molecule has 0 bridgehead atoms. The summed E-state index contributed by atoms with van der Waals surface area (Å²) in [6.07, 6.45) is 2.69. The molecule has 0 fully saturated rings. The molecule has 0 aromatic rings. The third-order valence-corrected chi connectivity index (χ3v) is 0.476. The van der Waals surface area contributed by atoms with E-state index in [9.17, 15) is 0 Å². The van der Waals surface area contributed by atoms with Crippen LogP contribution in [0.2, 0.25) is 0 Å². The Hall–Kier alpha value is -0.500. The zero-order valence-corrected chi connectivity index (χ0v) is 4.70. The second-order valence-corrected chi connectivity index (χ2v) is 1.29. The topological polar surface area (TPSA) is 33.1 Å². The Morgan fingerprint density at radius 3 is 2.57 bits per heavy atom. The van der Waals surface area contributed by atoms with Gasteiger partial charge < -0.3 is 4.74 Å². The van der Waals surface area contributed by atoms with Gasteiger partial charge in [-0.3, -0.25) is 5.41 Å². The van der Waals surface area contributed by atoms with Crippen LogP contribution in [0.5, 0.6) is 0 Å². The van der Waals surface area contributed by atoms with Gasteiger partial charge in [0.2, 0.25) is 0 Å². The predicted molar refractivity (Wildman–Crippen MR) is 29.7 cm³/mol. The van der Waals surface area contributed by atoms with E-state index in [0.717, 1.165) is 0 Å². The summed E-state index contributed by atoms with van der Waals surface area (Å²) < 4.78 is 4.45. The second-order valence-electron chi connectivity index (χ2n) is 0.886. The largest absolute Gasteiger partial charge is 0.504 e. The van der Waals surface area contributed by atoms with E-state index in [1.54, 1.807) is 0 Å². The van der Waals surface area contributed by atoms with Crippen molar-refractivity contribution in [2.75, 3.05) is 7.11 Å². The van der Waals surface area contributed by atoms with Gasteiger partial charge in [-0.1, -0.05) is 11.6 Å². The minimum atomic E-state index is -0.0261. The van der Waals surface area contributed by atoms with E-state index in [1.807, 2.05) is 0 Å². The Labute approximate surface area is 47.2 Å². The standard InChI is InChI=1S/C4H6ClNO/c1-7-3-2-4(5)6/h2-3,6H,1H3. The van der Waals surface area contributed by atoms with Crippen molar-refractivity contribution in [3.05, 3.63) is 12.3 Å². The van der Waals surface area contributed by atoms with Crippen molar-refractivity contribution in [3.63, 3.8) is 0 Å². The molecule has 0 spiro atoms. The third kappa shape index (κ3) is 5.50. The summed E-state index contributed by atoms with van der Waals surface area (Å²) in [5.41, 5.74) is 0. The van der Waals surface area contributed by atoms with Crippen molar-refractivity contribution in [2.24, 2.45) is 0 Å². The fraction of sp³-hybridized carbons (Fsp3) is 0.250. The number of hydrogen-bond donors (Lipinski definition) is 1. The number of methoxy groups -OCH3 is 1. The molecule has 3 heteroatoms. The minimum absolute atomic E-state index is 0.0261. The molecule has 0 amide bonds. The molecule has 0 aromatic heterocycles. The van der Waals surface area contributed by atoms with Gasteiger partial charge in [-0.2, -0.15) is 0 Å². The van der Waals surface area contributed by atoms with Crippen LogP contribution in [0, 0.1) is 5.41 Å². The van der Waals surface area contributed by atoms with Crippen LogP contribution < -0.4 is 0 Å². The average molecular weight is 120 g/mol. The maximum Gasteiger partial charge on any atom is 0.123 e. The molecule has 0 aliphatic carbocycles. The number of allylic oxidation sites excluding steroid dienone is 1. The van der Waals surface area contributed by atoms with Gasteiger partial charge >= 0.3 is 0 Å². The normalized spacial score (nSPS) is 9.43. The van der Waals surface area contributed by atoms with Crippen LogP contribution in [0.4, 0.5) is 0 Å². The zero-order valence-electron chi connectivity index (χ0n) is 3.94. The molecule has 0 rings (SSSR count). The molecule has 0 aromatic carbocycles. The highest BCUT2D eigenvalue weighted by Gasteiger charge is 1.74. The quantitative estimate of drug-likeness (QED) is 0.432. The van der Waals surface area contributed by atoms with Gasteiger partial charge in [-0.05, 0) is 0 Å². The highest BCUT2D eigenvalue weighted by Crippen LogP contribution is 1.81. The fourth-order valence-corrected chi connectivity index (χ4v) is 0.179. The van der Waals surface area contributed by atoms with Crippen LogP contribution in [0.15, 0.2) is 12.3 Å². The molecule has 1 N–H and O–H groups in total. The maximum absolute atomic E-state index is 6.60. The van der Waals surface area contributed by atoms with Crippen molar-refractivity contribution in [1.29, 1.82) is 5.41 Å². The van der Waals surface area contributed by atoms with Crippen molar-refractivity contribution in [3.8, 4) is 0 Å². The van der Waals surface area contributed by atoms with E-state index in [2.05, 4.69) is 4.74 Å². The van der Waals surface area contributed by atoms with Gasteiger partial charge in [-0.15, -0.1) is 0 Å². The lowest BCUT2D eigenvalue weighted by Gasteiger charge is -1.81. The van der Waals surface area contributed by atoms with E-state index in [1.165, 1.54) is 19.4 Å². The second kappa shape index (κ2) is 3.68. The van der Waals surface area contributed by atoms with Crippen molar-refractivity contribution >= 4 is 16.8 Å². The molecule has 0 unspecified atom stereocenters. The molecule has 40 valence electrons. The Morgan fingerprint density at radius 2 is 2.43 bits per heavy atom. The molecule has 0 saturated carbocycles. The van der Waals surface area contributed by atoms with E-state index in [4.69, 9.17) is 17.0 Å². The average Bonchev–Trinajstić information content (AvgIpc) is 1.61. The van der Waals surface area contributed by atoms with Gasteiger partial charge in [0.25, 0.3) is 0 Å². The van der Waals surface area contributed by atoms with Gasteiger partial charge in [0.15, 0.2) is 0 Å². The molecule has 0 aliphatic rings. The maximum atomic E-state index is 6.60. The van der Waals surface area contributed by atoms with Crippen LogP contribution in [0.25, 0.3) is 0 Å². The Kier molecular flexibility index (Phi) is 3.42. The summed E-state index contributed by atoms with van der Waals surface area (Å²) in [4.78, 5) is 0. The lowest BCUT2D eigenvalue weighted by Crippen LogP contribution is -1.73. The van der Waals surface area contributed by atoms with Crippen LogP contribution in [0.3, 0.4) is 0 Å². The fourth-order valence-electron chi connectivity index (χ4n) is 0.128. The molecule has 0 heterocycles. The first-order valence-electron chi connectivity index (χ1n) is 1.70. The number of ether oxygens (including phenoxy) is 1. The van der Waals surface area contributed by atoms with Crippen molar-refractivity contribution in [1.82, 2.24) is 0 Å². The molecular formula is C4H6ClNO. The number of rotatable bonds is 2. The summed E-state index contributed by atoms with van der Waals surface area (Å²) in [7, 11) is 1.50. The van der Waals surface area contributed by atoms with E-state index >= 15 is 0 Å². The first kappa shape index (κ1) is 6.50. The summed E-state index contributed by atoms with van der Waals surface area (Å²) in [5.74, 6) is 0. The van der Waals surface area contributed by atoms with Gasteiger partial charge in [-0.25, -0.2) is 0 Å². The lowest BCUT2D eigenvalue weighted by molar-refractivity contribution is 0.338.